The van der Waals surface area contributed by atoms with Gasteiger partial charge in [0.15, 0.2) is 11.6 Å². The molecule has 0 amide bonds. The first-order valence-electron chi connectivity index (χ1n) is 8.32. The van der Waals surface area contributed by atoms with E-state index >= 15 is 0 Å². The molecular formula is C21H24O5. The Morgan fingerprint density at radius 3 is 1.92 bits per heavy atom. The third-order valence-corrected chi connectivity index (χ3v) is 3.52. The number of esters is 1. The van der Waals surface area contributed by atoms with Gasteiger partial charge in [0.2, 0.25) is 0 Å². The Kier molecular flexibility index (Phi) is 10.1. The van der Waals surface area contributed by atoms with Gasteiger partial charge in [-0.3, -0.25) is 14.4 Å². The van der Waals surface area contributed by atoms with E-state index in [-0.39, 0.29) is 24.4 Å². The zero-order chi connectivity index (χ0) is 19.2. The summed E-state index contributed by atoms with van der Waals surface area (Å²) < 4.78 is 9.55. The van der Waals surface area contributed by atoms with Gasteiger partial charge in [-0.25, -0.2) is 0 Å². The third-order valence-electron chi connectivity index (χ3n) is 3.52. The Hall–Kier alpha value is -2.95. The summed E-state index contributed by atoms with van der Waals surface area (Å²) in [4.78, 5) is 34.2. The number of methoxy groups -OCH3 is 2. The van der Waals surface area contributed by atoms with E-state index in [2.05, 4.69) is 4.74 Å². The van der Waals surface area contributed by atoms with Crippen molar-refractivity contribution >= 4 is 17.5 Å². The van der Waals surface area contributed by atoms with Gasteiger partial charge in [0.1, 0.15) is 5.75 Å². The quantitative estimate of drug-likeness (QED) is 0.345. The third kappa shape index (κ3) is 9.37. The highest BCUT2D eigenvalue weighted by Crippen LogP contribution is 2.12. The lowest BCUT2D eigenvalue weighted by Crippen LogP contribution is -2.03. The van der Waals surface area contributed by atoms with Gasteiger partial charge in [-0.15, -0.1) is 0 Å². The lowest BCUT2D eigenvalue weighted by atomic mass is 10.1. The fourth-order valence-corrected chi connectivity index (χ4v) is 2.01. The van der Waals surface area contributed by atoms with E-state index in [0.29, 0.717) is 12.8 Å². The van der Waals surface area contributed by atoms with Crippen LogP contribution < -0.4 is 4.74 Å². The smallest absolute Gasteiger partial charge is 0.305 e. The molecule has 0 saturated heterocycles. The molecule has 0 atom stereocenters. The second kappa shape index (κ2) is 12.4. The Balaban J connectivity index is 2.27. The molecule has 0 radical (unpaired) electrons. The van der Waals surface area contributed by atoms with E-state index in [1.54, 1.807) is 31.4 Å². The fraction of sp³-hybridized carbons (Fsp3) is 0.286. The first-order chi connectivity index (χ1) is 12.5. The van der Waals surface area contributed by atoms with Crippen molar-refractivity contribution in [1.29, 1.82) is 0 Å². The van der Waals surface area contributed by atoms with E-state index in [1.807, 2.05) is 24.3 Å². The van der Waals surface area contributed by atoms with Gasteiger partial charge in [-0.2, -0.15) is 0 Å². The molecule has 0 aliphatic rings. The number of hydrogen-bond acceptors (Lipinski definition) is 5. The first-order valence-corrected chi connectivity index (χ1v) is 8.32. The molecule has 0 saturated carbocycles. The van der Waals surface area contributed by atoms with Gasteiger partial charge in [0.25, 0.3) is 0 Å². The number of aryl methyl sites for hydroxylation is 1. The summed E-state index contributed by atoms with van der Waals surface area (Å²) in [6.07, 6.45) is 10.7. The molecule has 26 heavy (non-hydrogen) atoms. The van der Waals surface area contributed by atoms with Crippen molar-refractivity contribution in [3.8, 4) is 5.75 Å². The van der Waals surface area contributed by atoms with Crippen LogP contribution >= 0.6 is 0 Å². The van der Waals surface area contributed by atoms with Crippen LogP contribution in [-0.4, -0.2) is 31.8 Å². The molecule has 0 spiro atoms. The van der Waals surface area contributed by atoms with Crippen LogP contribution in [0.15, 0.2) is 60.7 Å². The van der Waals surface area contributed by atoms with E-state index in [4.69, 9.17) is 4.74 Å². The average Bonchev–Trinajstić information content (AvgIpc) is 2.67. The average molecular weight is 356 g/mol. The molecule has 1 aromatic rings. The molecule has 0 aliphatic heterocycles. The summed E-state index contributed by atoms with van der Waals surface area (Å²) in [5, 5.41) is 0. The minimum Gasteiger partial charge on any atom is -0.497 e. The molecule has 138 valence electrons. The summed E-state index contributed by atoms with van der Waals surface area (Å²) in [6, 6.07) is 7.63. The molecule has 5 nitrogen and oxygen atoms in total. The van der Waals surface area contributed by atoms with Crippen molar-refractivity contribution in [3.63, 3.8) is 0 Å². The summed E-state index contributed by atoms with van der Waals surface area (Å²) in [5.74, 6) is 0.267. The first kappa shape index (κ1) is 21.1. The van der Waals surface area contributed by atoms with Gasteiger partial charge in [-0.05, 0) is 36.3 Å². The van der Waals surface area contributed by atoms with E-state index in [9.17, 15) is 14.4 Å². The summed E-state index contributed by atoms with van der Waals surface area (Å²) in [7, 11) is 2.90. The molecule has 1 aromatic carbocycles. The number of carbonyl (C=O) groups is 3. The van der Waals surface area contributed by atoms with Crippen LogP contribution in [0.25, 0.3) is 0 Å². The maximum absolute atomic E-state index is 11.8. The van der Waals surface area contributed by atoms with Gasteiger partial charge >= 0.3 is 5.97 Å². The second-order valence-electron chi connectivity index (χ2n) is 5.46. The van der Waals surface area contributed by atoms with E-state index in [1.165, 1.54) is 19.3 Å². The lowest BCUT2D eigenvalue weighted by molar-refractivity contribution is -0.141. The van der Waals surface area contributed by atoms with Crippen LogP contribution in [0, 0.1) is 0 Å². The Labute approximate surface area is 154 Å². The highest BCUT2D eigenvalue weighted by molar-refractivity contribution is 5.92. The summed E-state index contributed by atoms with van der Waals surface area (Å²) in [5.41, 5.74) is 1.08. The maximum Gasteiger partial charge on any atom is 0.305 e. The molecule has 0 unspecified atom stereocenters. The summed E-state index contributed by atoms with van der Waals surface area (Å²) in [6.45, 7) is 0. The van der Waals surface area contributed by atoms with Crippen LogP contribution in [0.5, 0.6) is 5.75 Å². The molecule has 0 fully saturated rings. The Morgan fingerprint density at radius 2 is 1.38 bits per heavy atom. The number of benzene rings is 1. The molecule has 1 rings (SSSR count). The van der Waals surface area contributed by atoms with Crippen LogP contribution in [0.2, 0.25) is 0 Å². The van der Waals surface area contributed by atoms with Crippen LogP contribution in [0.4, 0.5) is 0 Å². The van der Waals surface area contributed by atoms with Gasteiger partial charge < -0.3 is 9.47 Å². The normalized spacial score (nSPS) is 11.3. The highest BCUT2D eigenvalue weighted by atomic mass is 16.5. The highest BCUT2D eigenvalue weighted by Gasteiger charge is 2.03. The minimum atomic E-state index is -0.404. The number of allylic oxidation sites excluding steroid dienone is 6. The van der Waals surface area contributed by atoms with Gasteiger partial charge in [-0.1, -0.05) is 36.4 Å². The van der Waals surface area contributed by atoms with Crippen molar-refractivity contribution in [2.75, 3.05) is 14.2 Å². The lowest BCUT2D eigenvalue weighted by Gasteiger charge is -2.01. The molecule has 5 heteroatoms. The number of rotatable bonds is 11. The van der Waals surface area contributed by atoms with Crippen LogP contribution in [-0.2, 0) is 25.5 Å². The van der Waals surface area contributed by atoms with Crippen molar-refractivity contribution in [1.82, 2.24) is 0 Å². The molecule has 0 heterocycles. The van der Waals surface area contributed by atoms with E-state index in [0.717, 1.165) is 11.3 Å². The fourth-order valence-electron chi connectivity index (χ4n) is 2.01. The van der Waals surface area contributed by atoms with Crippen molar-refractivity contribution in [3.05, 3.63) is 66.3 Å². The maximum atomic E-state index is 11.8. The number of ketones is 2. The second-order valence-corrected chi connectivity index (χ2v) is 5.46. The monoisotopic (exact) mass is 356 g/mol. The van der Waals surface area contributed by atoms with Crippen molar-refractivity contribution in [2.45, 2.75) is 25.7 Å². The summed E-state index contributed by atoms with van der Waals surface area (Å²) >= 11 is 0. The molecule has 0 N–H and O–H groups in total. The van der Waals surface area contributed by atoms with Crippen LogP contribution in [0.3, 0.4) is 0 Å². The minimum absolute atomic E-state index is 0.0311. The molecule has 0 aromatic heterocycles. The van der Waals surface area contributed by atoms with E-state index < -0.39 is 5.97 Å². The zero-order valence-corrected chi connectivity index (χ0v) is 15.1. The number of hydrogen-bond donors (Lipinski definition) is 0. The predicted octanol–water partition coefficient (Wildman–Crippen LogP) is 3.39. The van der Waals surface area contributed by atoms with Gasteiger partial charge in [0, 0.05) is 12.8 Å². The molecular weight excluding hydrogens is 332 g/mol. The largest absolute Gasteiger partial charge is 0.497 e. The van der Waals surface area contributed by atoms with Gasteiger partial charge in [0.05, 0.1) is 20.6 Å². The SMILES string of the molecule is COC(=O)CCC(=O)C=CC=CC=CC(=O)CCc1ccc(OC)cc1. The zero-order valence-electron chi connectivity index (χ0n) is 15.1. The standard InChI is InChI=1S/C21H24O5/c1-25-20-14-10-17(11-15-20)9-12-18(22)7-5-3-4-6-8-19(23)13-16-21(24)26-2/h3-8,10-11,14-15H,9,12-13,16H2,1-2H3. The van der Waals surface area contributed by atoms with Crippen LogP contribution in [0.1, 0.15) is 24.8 Å². The van der Waals surface area contributed by atoms with Crippen molar-refractivity contribution in [2.24, 2.45) is 0 Å². The number of ether oxygens (including phenoxy) is 2. The Morgan fingerprint density at radius 1 is 0.808 bits per heavy atom. The topological polar surface area (TPSA) is 69.7 Å². The molecule has 0 bridgehead atoms. The number of carbonyl (C=O) groups excluding carboxylic acids is 3. The Bertz CT molecular complexity index is 681. The predicted molar refractivity (Wildman–Crippen MR) is 100.0 cm³/mol. The van der Waals surface area contributed by atoms with Crippen molar-refractivity contribution < 1.29 is 23.9 Å². The molecule has 0 aliphatic carbocycles.